The maximum atomic E-state index is 7.88. The SMILES string of the molecule is [Co].[Li+].[Mn].[O]=[Ni]. The molecule has 0 rings (SSSR count). The van der Waals surface area contributed by atoms with E-state index in [0.29, 0.717) is 0 Å². The van der Waals surface area contributed by atoms with Crippen LogP contribution in [0.3, 0.4) is 0 Å². The van der Waals surface area contributed by atoms with Gasteiger partial charge in [0.15, 0.2) is 0 Å². The summed E-state index contributed by atoms with van der Waals surface area (Å²) in [7, 11) is 0. The summed E-state index contributed by atoms with van der Waals surface area (Å²) in [5.41, 5.74) is 0. The molecule has 0 aromatic carbocycles. The van der Waals surface area contributed by atoms with Gasteiger partial charge in [0.2, 0.25) is 0 Å². The van der Waals surface area contributed by atoms with Gasteiger partial charge in [0.25, 0.3) is 0 Å². The van der Waals surface area contributed by atoms with Crippen LogP contribution in [0.25, 0.3) is 0 Å². The first kappa shape index (κ1) is 28.5. The van der Waals surface area contributed by atoms with Crippen molar-refractivity contribution in [2.45, 2.75) is 0 Å². The molecule has 1 nitrogen and oxygen atoms in total. The maximum absolute atomic E-state index is 7.88. The van der Waals surface area contributed by atoms with Crippen molar-refractivity contribution in [2.75, 3.05) is 0 Å². The fraction of sp³-hybridized carbons (Fsp3) is 0. The van der Waals surface area contributed by atoms with E-state index in [-0.39, 0.29) is 52.7 Å². The number of hydrogen-bond acceptors (Lipinski definition) is 1. The molecule has 5 heteroatoms. The summed E-state index contributed by atoms with van der Waals surface area (Å²) in [4.78, 5) is 0. The van der Waals surface area contributed by atoms with Crippen LogP contribution >= 0.6 is 0 Å². The molecule has 0 bridgehead atoms. The van der Waals surface area contributed by atoms with Crippen molar-refractivity contribution in [1.82, 2.24) is 0 Å². The quantitative estimate of drug-likeness (QED) is 0.374. The first-order valence-corrected chi connectivity index (χ1v) is 0.532. The molecule has 0 amide bonds. The van der Waals surface area contributed by atoms with Crippen LogP contribution in [0, 0.1) is 0 Å². The van der Waals surface area contributed by atoms with Gasteiger partial charge in [-0.05, 0) is 0 Å². The van der Waals surface area contributed by atoms with Gasteiger partial charge in [-0.25, -0.2) is 0 Å². The van der Waals surface area contributed by atoms with E-state index in [1.165, 1.54) is 0 Å². The number of rotatable bonds is 0. The zero-order valence-electron chi connectivity index (χ0n) is 2.44. The minimum atomic E-state index is 0. The van der Waals surface area contributed by atoms with Gasteiger partial charge < -0.3 is 0 Å². The molecular formula is CoLiMnNiO+. The second-order valence-corrected chi connectivity index (χ2v) is 0. The van der Waals surface area contributed by atoms with Crippen LogP contribution in [0.15, 0.2) is 0 Å². The minimum absolute atomic E-state index is 0. The van der Waals surface area contributed by atoms with Crippen LogP contribution in [0.5, 0.6) is 0 Å². The predicted molar refractivity (Wildman–Crippen MR) is 0.686 cm³/mol. The van der Waals surface area contributed by atoms with Crippen molar-refractivity contribution in [2.24, 2.45) is 0 Å². The molecule has 0 saturated carbocycles. The summed E-state index contributed by atoms with van der Waals surface area (Å²) in [5, 5.41) is 0. The summed E-state index contributed by atoms with van der Waals surface area (Å²) in [6.45, 7) is 0. The van der Waals surface area contributed by atoms with Crippen molar-refractivity contribution in [3.63, 3.8) is 0 Å². The molecule has 0 fully saturated rings. The zero-order valence-corrected chi connectivity index (χ0v) is 5.64. The third-order valence-electron chi connectivity index (χ3n) is 0. The molecule has 0 aliphatic heterocycles. The van der Waals surface area contributed by atoms with Gasteiger partial charge in [-0.3, -0.25) is 0 Å². The van der Waals surface area contributed by atoms with Gasteiger partial charge in [0.1, 0.15) is 0 Å². The van der Waals surface area contributed by atoms with E-state index in [4.69, 9.17) is 3.90 Å². The van der Waals surface area contributed by atoms with Gasteiger partial charge in [-0.1, -0.05) is 0 Å². The molecule has 0 atom stereocenters. The molecule has 0 saturated heterocycles. The Morgan fingerprint density at radius 1 is 1.20 bits per heavy atom. The molecule has 2 radical (unpaired) electrons. The van der Waals surface area contributed by atoms with Gasteiger partial charge in [-0.15, -0.1) is 0 Å². The van der Waals surface area contributed by atoms with E-state index < -0.39 is 0 Å². The molecule has 5 heavy (non-hydrogen) atoms. The topological polar surface area (TPSA) is 17.1 Å². The standard InChI is InChI=1S/Co.Li.Mn.Ni.O/q;+1;;;. The Labute approximate surface area is 71.4 Å². The third kappa shape index (κ3) is 24.7. The van der Waals surface area contributed by atoms with Gasteiger partial charge in [-0.2, -0.15) is 0 Å². The molecule has 0 unspecified atom stereocenters. The molecular weight excluding hydrogens is 196 g/mol. The molecule has 0 spiro atoms. The molecule has 0 aliphatic rings. The van der Waals surface area contributed by atoms with Crippen LogP contribution < -0.4 is 18.9 Å². The van der Waals surface area contributed by atoms with Crippen LogP contribution in [-0.4, -0.2) is 0 Å². The average Bonchev–Trinajstić information content (AvgIpc) is 1.00. The Hall–Kier alpha value is 1.92. The first-order valence-electron chi connectivity index (χ1n) is 0.129. The summed E-state index contributed by atoms with van der Waals surface area (Å²) >= 11 is 2.62. The van der Waals surface area contributed by atoms with Crippen LogP contribution in [0.4, 0.5) is 0 Å². The Kier molecular flexibility index (Phi) is 222. The summed E-state index contributed by atoms with van der Waals surface area (Å²) in [5.74, 6) is 0. The third-order valence-corrected chi connectivity index (χ3v) is 0. The van der Waals surface area contributed by atoms with Gasteiger partial charge in [0.05, 0.1) is 0 Å². The summed E-state index contributed by atoms with van der Waals surface area (Å²) in [6, 6.07) is 0. The Morgan fingerprint density at radius 3 is 1.20 bits per heavy atom. The summed E-state index contributed by atoms with van der Waals surface area (Å²) in [6.07, 6.45) is 0. The normalized spacial score (nSPS) is 1.20. The Morgan fingerprint density at radius 2 is 1.20 bits per heavy atom. The van der Waals surface area contributed by atoms with E-state index in [1.807, 2.05) is 0 Å². The van der Waals surface area contributed by atoms with Crippen molar-refractivity contribution >= 4 is 0 Å². The fourth-order valence-corrected chi connectivity index (χ4v) is 0. The van der Waals surface area contributed by atoms with E-state index in [0.717, 1.165) is 0 Å². The van der Waals surface area contributed by atoms with E-state index >= 15 is 0 Å². The second kappa shape index (κ2) is 38.9. The van der Waals surface area contributed by atoms with E-state index in [2.05, 4.69) is 15.4 Å². The Balaban J connectivity index is -0.00000000167. The monoisotopic (exact) mass is 195 g/mol. The molecule has 0 aromatic heterocycles. The molecule has 0 aliphatic carbocycles. The fourth-order valence-electron chi connectivity index (χ4n) is 0. The van der Waals surface area contributed by atoms with Crippen LogP contribution in [0.1, 0.15) is 0 Å². The second-order valence-electron chi connectivity index (χ2n) is 0. The molecule has 0 N–H and O–H groups in total. The van der Waals surface area contributed by atoms with Crippen LogP contribution in [0.2, 0.25) is 0 Å². The zero-order chi connectivity index (χ0) is 2.00. The van der Waals surface area contributed by atoms with Crippen molar-refractivity contribution < 1.29 is 72.0 Å². The number of hydrogen-bond donors (Lipinski definition) is 0. The summed E-state index contributed by atoms with van der Waals surface area (Å²) < 4.78 is 7.88. The van der Waals surface area contributed by atoms with Gasteiger partial charge >= 0.3 is 38.1 Å². The predicted octanol–water partition coefficient (Wildman–Crippen LogP) is -3.12. The molecule has 32 valence electrons. The van der Waals surface area contributed by atoms with Crippen molar-refractivity contribution in [3.8, 4) is 0 Å². The van der Waals surface area contributed by atoms with Crippen molar-refractivity contribution in [1.29, 1.82) is 0 Å². The average molecular weight is 196 g/mol. The molecule has 0 heterocycles. The van der Waals surface area contributed by atoms with E-state index in [1.54, 1.807) is 0 Å². The molecule has 0 aromatic rings. The van der Waals surface area contributed by atoms with E-state index in [9.17, 15) is 0 Å². The Bertz CT molecular complexity index is 11.6. The van der Waals surface area contributed by atoms with Gasteiger partial charge in [0, 0.05) is 33.8 Å². The van der Waals surface area contributed by atoms with Crippen molar-refractivity contribution in [3.05, 3.63) is 0 Å². The first-order chi connectivity index (χ1) is 1.00. The van der Waals surface area contributed by atoms with Crippen LogP contribution in [-0.2, 0) is 53.1 Å².